The van der Waals surface area contributed by atoms with Crippen molar-refractivity contribution in [1.82, 2.24) is 10.2 Å². The van der Waals surface area contributed by atoms with Gasteiger partial charge in [0.2, 0.25) is 0 Å². The smallest absolute Gasteiger partial charge is 0.0613 e. The number of likely N-dealkylation sites (tertiary alicyclic amines) is 1. The van der Waals surface area contributed by atoms with Crippen molar-refractivity contribution in [3.05, 3.63) is 0 Å². The Morgan fingerprint density at radius 2 is 2.07 bits per heavy atom. The molecule has 1 aliphatic carbocycles. The minimum absolute atomic E-state index is 0.0160. The summed E-state index contributed by atoms with van der Waals surface area (Å²) in [6, 6.07) is 0.713. The van der Waals surface area contributed by atoms with Gasteiger partial charge in [-0.15, -0.1) is 0 Å². The van der Waals surface area contributed by atoms with Gasteiger partial charge < -0.3 is 15.3 Å². The Bertz CT molecular complexity index is 198. The molecule has 1 saturated carbocycles. The van der Waals surface area contributed by atoms with Crippen LogP contribution >= 0.6 is 0 Å². The van der Waals surface area contributed by atoms with E-state index in [9.17, 15) is 5.11 Å². The van der Waals surface area contributed by atoms with Crippen molar-refractivity contribution < 1.29 is 5.11 Å². The highest BCUT2D eigenvalue weighted by atomic mass is 16.3. The first-order valence-electron chi connectivity index (χ1n) is 6.33. The van der Waals surface area contributed by atoms with E-state index in [0.717, 1.165) is 12.8 Å². The first-order chi connectivity index (χ1) is 7.29. The summed E-state index contributed by atoms with van der Waals surface area (Å²) in [7, 11) is 1.98. The van der Waals surface area contributed by atoms with Crippen molar-refractivity contribution in [2.45, 2.75) is 50.1 Å². The van der Waals surface area contributed by atoms with Crippen LogP contribution in [0, 0.1) is 0 Å². The third-order valence-corrected chi connectivity index (χ3v) is 4.32. The third kappa shape index (κ3) is 2.35. The highest BCUT2D eigenvalue weighted by Crippen LogP contribution is 2.33. The molecule has 3 nitrogen and oxygen atoms in total. The van der Waals surface area contributed by atoms with Gasteiger partial charge in [0.1, 0.15) is 0 Å². The van der Waals surface area contributed by atoms with Gasteiger partial charge in [-0.1, -0.05) is 6.42 Å². The number of hydrogen-bond acceptors (Lipinski definition) is 3. The van der Waals surface area contributed by atoms with E-state index in [4.69, 9.17) is 0 Å². The molecule has 2 unspecified atom stereocenters. The molecule has 0 aromatic rings. The standard InChI is InChI=1S/C12H24N2O/c1-13-12(10-15)6-5-11(9-12)14-7-3-2-4-8-14/h11,13,15H,2-10H2,1H3. The Balaban J connectivity index is 1.90. The molecule has 2 atom stereocenters. The average Bonchev–Trinajstić information content (AvgIpc) is 2.75. The maximum absolute atomic E-state index is 9.45. The van der Waals surface area contributed by atoms with Crippen molar-refractivity contribution in [3.63, 3.8) is 0 Å². The van der Waals surface area contributed by atoms with Gasteiger partial charge >= 0.3 is 0 Å². The van der Waals surface area contributed by atoms with Crippen molar-refractivity contribution in [1.29, 1.82) is 0 Å². The summed E-state index contributed by atoms with van der Waals surface area (Å²) in [4.78, 5) is 2.64. The lowest BCUT2D eigenvalue weighted by molar-refractivity contribution is 0.135. The summed E-state index contributed by atoms with van der Waals surface area (Å²) in [5.74, 6) is 0. The number of rotatable bonds is 3. The summed E-state index contributed by atoms with van der Waals surface area (Å²) in [6.07, 6.45) is 7.63. The van der Waals surface area contributed by atoms with E-state index < -0.39 is 0 Å². The van der Waals surface area contributed by atoms with E-state index in [2.05, 4.69) is 10.2 Å². The second-order valence-corrected chi connectivity index (χ2v) is 5.18. The minimum atomic E-state index is 0.0160. The summed E-state index contributed by atoms with van der Waals surface area (Å²) in [5, 5.41) is 12.8. The zero-order chi connectivity index (χ0) is 10.7. The Morgan fingerprint density at radius 1 is 1.33 bits per heavy atom. The van der Waals surface area contributed by atoms with E-state index in [1.165, 1.54) is 38.8 Å². The number of nitrogens with one attached hydrogen (secondary N) is 1. The van der Waals surface area contributed by atoms with Crippen molar-refractivity contribution in [2.24, 2.45) is 0 Å². The van der Waals surface area contributed by atoms with Crippen LogP contribution in [0.25, 0.3) is 0 Å². The number of aliphatic hydroxyl groups excluding tert-OH is 1. The van der Waals surface area contributed by atoms with E-state index >= 15 is 0 Å². The molecule has 2 N–H and O–H groups in total. The van der Waals surface area contributed by atoms with Crippen LogP contribution in [0.5, 0.6) is 0 Å². The molecule has 15 heavy (non-hydrogen) atoms. The lowest BCUT2D eigenvalue weighted by atomic mass is 9.98. The first-order valence-corrected chi connectivity index (χ1v) is 6.33. The predicted octanol–water partition coefficient (Wildman–Crippen LogP) is 0.975. The zero-order valence-electron chi connectivity index (χ0n) is 9.84. The van der Waals surface area contributed by atoms with Crippen molar-refractivity contribution in [2.75, 3.05) is 26.7 Å². The number of aliphatic hydroxyl groups is 1. The monoisotopic (exact) mass is 212 g/mol. The molecule has 1 aliphatic heterocycles. The average molecular weight is 212 g/mol. The Morgan fingerprint density at radius 3 is 2.60 bits per heavy atom. The second kappa shape index (κ2) is 4.81. The van der Waals surface area contributed by atoms with Crippen LogP contribution in [0.1, 0.15) is 38.5 Å². The highest BCUT2D eigenvalue weighted by Gasteiger charge is 2.39. The lowest BCUT2D eigenvalue weighted by Crippen LogP contribution is -2.46. The number of piperidine rings is 1. The fourth-order valence-electron chi connectivity index (χ4n) is 3.14. The highest BCUT2D eigenvalue weighted by molar-refractivity contribution is 4.98. The molecular formula is C12H24N2O. The summed E-state index contributed by atoms with van der Waals surface area (Å²) in [5.41, 5.74) is 0.0160. The molecule has 0 spiro atoms. The number of hydrogen-bond donors (Lipinski definition) is 2. The molecule has 0 aromatic carbocycles. The first kappa shape index (κ1) is 11.4. The Labute approximate surface area is 92.8 Å². The molecule has 2 rings (SSSR count). The van der Waals surface area contributed by atoms with Gasteiger partial charge in [-0.3, -0.25) is 0 Å². The summed E-state index contributed by atoms with van der Waals surface area (Å²) >= 11 is 0. The zero-order valence-corrected chi connectivity index (χ0v) is 9.84. The van der Waals surface area contributed by atoms with Gasteiger partial charge in [0.25, 0.3) is 0 Å². The quantitative estimate of drug-likeness (QED) is 0.732. The fraction of sp³-hybridized carbons (Fsp3) is 1.00. The molecule has 88 valence electrons. The summed E-state index contributed by atoms with van der Waals surface area (Å²) in [6.45, 7) is 2.83. The fourth-order valence-corrected chi connectivity index (χ4v) is 3.14. The van der Waals surface area contributed by atoms with Gasteiger partial charge in [-0.2, -0.15) is 0 Å². The second-order valence-electron chi connectivity index (χ2n) is 5.18. The minimum Gasteiger partial charge on any atom is -0.394 e. The maximum atomic E-state index is 9.45. The normalized spacial score (nSPS) is 38.4. The van der Waals surface area contributed by atoms with Crippen LogP contribution < -0.4 is 5.32 Å². The Hall–Kier alpha value is -0.120. The van der Waals surface area contributed by atoms with Gasteiger partial charge in [0.15, 0.2) is 0 Å². The van der Waals surface area contributed by atoms with Crippen LogP contribution in [0.3, 0.4) is 0 Å². The maximum Gasteiger partial charge on any atom is 0.0613 e. The van der Waals surface area contributed by atoms with E-state index in [1.54, 1.807) is 0 Å². The number of likely N-dealkylation sites (N-methyl/N-ethyl adjacent to an activating group) is 1. The molecule has 2 aliphatic rings. The Kier molecular flexibility index (Phi) is 3.65. The molecule has 1 saturated heterocycles. The molecule has 0 amide bonds. The van der Waals surface area contributed by atoms with Gasteiger partial charge in [-0.25, -0.2) is 0 Å². The molecule has 3 heteroatoms. The molecule has 2 fully saturated rings. The molecule has 0 radical (unpaired) electrons. The van der Waals surface area contributed by atoms with Gasteiger partial charge in [0, 0.05) is 11.6 Å². The van der Waals surface area contributed by atoms with Crippen molar-refractivity contribution in [3.8, 4) is 0 Å². The molecule has 0 bridgehead atoms. The third-order valence-electron chi connectivity index (χ3n) is 4.32. The largest absolute Gasteiger partial charge is 0.394 e. The van der Waals surface area contributed by atoms with Crippen LogP contribution in [-0.2, 0) is 0 Å². The van der Waals surface area contributed by atoms with E-state index in [0.29, 0.717) is 6.04 Å². The lowest BCUT2D eigenvalue weighted by Gasteiger charge is -2.34. The van der Waals surface area contributed by atoms with Crippen molar-refractivity contribution >= 4 is 0 Å². The van der Waals surface area contributed by atoms with Crippen LogP contribution in [0.15, 0.2) is 0 Å². The van der Waals surface area contributed by atoms with Crippen LogP contribution in [0.4, 0.5) is 0 Å². The molecular weight excluding hydrogens is 188 g/mol. The van der Waals surface area contributed by atoms with E-state index in [1.807, 2.05) is 7.05 Å². The predicted molar refractivity (Wildman–Crippen MR) is 61.9 cm³/mol. The van der Waals surface area contributed by atoms with Crippen LogP contribution in [0.2, 0.25) is 0 Å². The SMILES string of the molecule is CNC1(CO)CCC(N2CCCCC2)C1. The molecule has 1 heterocycles. The molecule has 0 aromatic heterocycles. The topological polar surface area (TPSA) is 35.5 Å². The number of nitrogens with zero attached hydrogens (tertiary/aromatic N) is 1. The van der Waals surface area contributed by atoms with Crippen LogP contribution in [-0.4, -0.2) is 48.3 Å². The van der Waals surface area contributed by atoms with Gasteiger partial charge in [0.05, 0.1) is 6.61 Å². The summed E-state index contributed by atoms with van der Waals surface area (Å²) < 4.78 is 0. The van der Waals surface area contributed by atoms with Gasteiger partial charge in [-0.05, 0) is 52.2 Å². The van der Waals surface area contributed by atoms with E-state index in [-0.39, 0.29) is 12.1 Å².